The van der Waals surface area contributed by atoms with E-state index in [2.05, 4.69) is 0 Å². The first kappa shape index (κ1) is 15.6. The van der Waals surface area contributed by atoms with Gasteiger partial charge < -0.3 is 16.2 Å². The minimum Gasteiger partial charge on any atom is -0.448 e. The Labute approximate surface area is 120 Å². The number of urea groups is 1. The van der Waals surface area contributed by atoms with Crippen LogP contribution in [0.5, 0.6) is 0 Å². The number of imide groups is 1. The Hall–Kier alpha value is -1.50. The first-order chi connectivity index (χ1) is 8.88. The highest BCUT2D eigenvalue weighted by molar-refractivity contribution is 6.42. The molecule has 1 rings (SSSR count). The molecule has 104 valence electrons. The highest BCUT2D eigenvalue weighted by atomic mass is 35.5. The van der Waals surface area contributed by atoms with Crippen molar-refractivity contribution in [3.05, 3.63) is 33.8 Å². The molecule has 19 heavy (non-hydrogen) atoms. The molecular formula is C11H13Cl2N3O3. The summed E-state index contributed by atoms with van der Waals surface area (Å²) in [6, 6.07) is 3.70. The van der Waals surface area contributed by atoms with Crippen LogP contribution in [0.1, 0.15) is 5.56 Å². The van der Waals surface area contributed by atoms with Crippen LogP contribution in [0.2, 0.25) is 10.0 Å². The predicted molar refractivity (Wildman–Crippen MR) is 72.2 cm³/mol. The van der Waals surface area contributed by atoms with Gasteiger partial charge >= 0.3 is 12.1 Å². The number of carbonyl (C=O) groups is 2. The van der Waals surface area contributed by atoms with E-state index in [1.165, 1.54) is 0 Å². The number of ether oxygens (including phenoxy) is 1. The average Bonchev–Trinajstić information content (AvgIpc) is 2.30. The van der Waals surface area contributed by atoms with Crippen LogP contribution < -0.4 is 16.8 Å². The first-order valence-electron chi connectivity index (χ1n) is 5.31. The normalized spacial score (nSPS) is 11.7. The van der Waals surface area contributed by atoms with Crippen molar-refractivity contribution in [1.29, 1.82) is 0 Å². The topological polar surface area (TPSA) is 107 Å². The molecule has 1 aromatic rings. The minimum absolute atomic E-state index is 0.0562. The Morgan fingerprint density at radius 1 is 1.32 bits per heavy atom. The van der Waals surface area contributed by atoms with Gasteiger partial charge in [0.25, 0.3) is 0 Å². The summed E-state index contributed by atoms with van der Waals surface area (Å²) in [5, 5.41) is 2.65. The molecule has 3 amide bonds. The van der Waals surface area contributed by atoms with Crippen LogP contribution in [-0.2, 0) is 11.2 Å². The van der Waals surface area contributed by atoms with Gasteiger partial charge in [-0.25, -0.2) is 14.9 Å². The van der Waals surface area contributed by atoms with E-state index in [4.69, 9.17) is 39.4 Å². The average molecular weight is 306 g/mol. The van der Waals surface area contributed by atoms with Gasteiger partial charge in [-0.05, 0) is 24.1 Å². The number of amides is 3. The maximum absolute atomic E-state index is 11.0. The third-order valence-corrected chi connectivity index (χ3v) is 2.87. The van der Waals surface area contributed by atoms with Crippen molar-refractivity contribution >= 4 is 35.3 Å². The second kappa shape index (κ2) is 7.18. The number of nitrogens with one attached hydrogen (secondary N) is 1. The van der Waals surface area contributed by atoms with Gasteiger partial charge in [0, 0.05) is 6.04 Å². The third-order valence-electron chi connectivity index (χ3n) is 2.14. The summed E-state index contributed by atoms with van der Waals surface area (Å²) in [6.07, 6.45) is -0.488. The molecule has 8 heteroatoms. The Morgan fingerprint density at radius 2 is 2.00 bits per heavy atom. The van der Waals surface area contributed by atoms with Gasteiger partial charge in [0.1, 0.15) is 6.61 Å². The highest BCUT2D eigenvalue weighted by Gasteiger charge is 2.10. The molecule has 0 radical (unpaired) electrons. The second-order valence-electron chi connectivity index (χ2n) is 3.80. The molecule has 0 spiro atoms. The van der Waals surface area contributed by atoms with Crippen molar-refractivity contribution in [3.8, 4) is 0 Å². The van der Waals surface area contributed by atoms with Crippen LogP contribution >= 0.6 is 23.2 Å². The molecule has 0 aliphatic rings. The van der Waals surface area contributed by atoms with Crippen molar-refractivity contribution in [2.75, 3.05) is 6.61 Å². The van der Waals surface area contributed by atoms with Crippen LogP contribution in [0.25, 0.3) is 0 Å². The smallest absolute Gasteiger partial charge is 0.415 e. The van der Waals surface area contributed by atoms with Gasteiger partial charge in [0.05, 0.1) is 10.0 Å². The van der Waals surface area contributed by atoms with Crippen molar-refractivity contribution in [3.63, 3.8) is 0 Å². The molecule has 5 N–H and O–H groups in total. The molecule has 0 saturated carbocycles. The fraction of sp³-hybridized carbons (Fsp3) is 0.273. The maximum atomic E-state index is 11.0. The fourth-order valence-corrected chi connectivity index (χ4v) is 1.67. The molecule has 0 heterocycles. The lowest BCUT2D eigenvalue weighted by Gasteiger charge is -2.12. The molecule has 0 saturated heterocycles. The van der Waals surface area contributed by atoms with E-state index < -0.39 is 18.2 Å². The molecular weight excluding hydrogens is 293 g/mol. The molecule has 0 bridgehead atoms. The zero-order valence-corrected chi connectivity index (χ0v) is 11.4. The molecule has 0 aliphatic heterocycles. The van der Waals surface area contributed by atoms with Gasteiger partial charge in [-0.15, -0.1) is 0 Å². The Balaban J connectivity index is 2.42. The number of halogens is 2. The summed E-state index contributed by atoms with van der Waals surface area (Å²) in [7, 11) is 0. The minimum atomic E-state index is -0.983. The number of hydrogen-bond donors (Lipinski definition) is 3. The summed E-state index contributed by atoms with van der Waals surface area (Å²) in [5.74, 6) is 0. The van der Waals surface area contributed by atoms with Crippen LogP contribution in [0.3, 0.4) is 0 Å². The lowest BCUT2D eigenvalue weighted by molar-refractivity contribution is 0.140. The lowest BCUT2D eigenvalue weighted by atomic mass is 10.1. The predicted octanol–water partition coefficient (Wildman–Crippen LogP) is 1.67. The van der Waals surface area contributed by atoms with Gasteiger partial charge in [-0.3, -0.25) is 0 Å². The largest absolute Gasteiger partial charge is 0.448 e. The SMILES string of the molecule is NC(=O)NC(=O)OCC(N)Cc1ccc(Cl)c(Cl)c1. The zero-order chi connectivity index (χ0) is 14.4. The lowest BCUT2D eigenvalue weighted by Crippen LogP contribution is -2.38. The quantitative estimate of drug-likeness (QED) is 0.786. The number of primary amides is 1. The molecule has 1 unspecified atom stereocenters. The third kappa shape index (κ3) is 5.78. The summed E-state index contributed by atoms with van der Waals surface area (Å²) in [5.41, 5.74) is 11.4. The number of rotatable bonds is 4. The van der Waals surface area contributed by atoms with Crippen molar-refractivity contribution in [1.82, 2.24) is 5.32 Å². The molecule has 0 aromatic heterocycles. The summed E-state index contributed by atoms with van der Waals surface area (Å²) in [6.45, 7) is -0.0562. The van der Waals surface area contributed by atoms with Gasteiger partial charge in [-0.1, -0.05) is 29.3 Å². The van der Waals surface area contributed by atoms with Crippen molar-refractivity contribution in [2.45, 2.75) is 12.5 Å². The summed E-state index contributed by atoms with van der Waals surface area (Å²) < 4.78 is 4.71. The van der Waals surface area contributed by atoms with E-state index in [0.29, 0.717) is 16.5 Å². The van der Waals surface area contributed by atoms with Crippen LogP contribution in [-0.4, -0.2) is 24.8 Å². The van der Waals surface area contributed by atoms with Crippen molar-refractivity contribution < 1.29 is 14.3 Å². The number of nitrogens with two attached hydrogens (primary N) is 2. The van der Waals surface area contributed by atoms with E-state index in [0.717, 1.165) is 5.56 Å². The number of alkyl carbamates (subject to hydrolysis) is 1. The Morgan fingerprint density at radius 3 is 2.58 bits per heavy atom. The number of hydrogen-bond acceptors (Lipinski definition) is 4. The Bertz CT molecular complexity index is 482. The van der Waals surface area contributed by atoms with Crippen molar-refractivity contribution in [2.24, 2.45) is 11.5 Å². The zero-order valence-electron chi connectivity index (χ0n) is 9.86. The summed E-state index contributed by atoms with van der Waals surface area (Å²) in [4.78, 5) is 21.3. The Kier molecular flexibility index (Phi) is 5.88. The molecule has 6 nitrogen and oxygen atoms in total. The monoisotopic (exact) mass is 305 g/mol. The molecule has 1 aromatic carbocycles. The van der Waals surface area contributed by atoms with E-state index >= 15 is 0 Å². The fourth-order valence-electron chi connectivity index (χ4n) is 1.35. The van der Waals surface area contributed by atoms with E-state index in [1.54, 1.807) is 23.5 Å². The summed E-state index contributed by atoms with van der Waals surface area (Å²) >= 11 is 11.6. The van der Waals surface area contributed by atoms with Gasteiger partial charge in [0.2, 0.25) is 0 Å². The van der Waals surface area contributed by atoms with E-state index in [9.17, 15) is 9.59 Å². The highest BCUT2D eigenvalue weighted by Crippen LogP contribution is 2.23. The molecule has 0 fully saturated rings. The van der Waals surface area contributed by atoms with Gasteiger partial charge in [-0.2, -0.15) is 0 Å². The van der Waals surface area contributed by atoms with Crippen LogP contribution in [0.15, 0.2) is 18.2 Å². The van der Waals surface area contributed by atoms with Crippen LogP contribution in [0.4, 0.5) is 9.59 Å². The molecule has 1 atom stereocenters. The molecule has 0 aliphatic carbocycles. The van der Waals surface area contributed by atoms with Crippen LogP contribution in [0, 0.1) is 0 Å². The van der Waals surface area contributed by atoms with Gasteiger partial charge in [0.15, 0.2) is 0 Å². The first-order valence-corrected chi connectivity index (χ1v) is 6.07. The standard InChI is InChI=1S/C11H13Cl2N3O3/c12-8-2-1-6(4-9(8)13)3-7(14)5-19-11(18)16-10(15)17/h1-2,4,7H,3,5,14H2,(H3,15,16,17,18). The second-order valence-corrected chi connectivity index (χ2v) is 4.61. The number of benzene rings is 1. The van der Waals surface area contributed by atoms with E-state index in [1.807, 2.05) is 0 Å². The number of carbonyl (C=O) groups excluding carboxylic acids is 2. The maximum Gasteiger partial charge on any atom is 0.415 e. The van der Waals surface area contributed by atoms with E-state index in [-0.39, 0.29) is 6.61 Å².